The number of fused-ring (bicyclic) bond motifs is 1. The highest BCUT2D eigenvalue weighted by molar-refractivity contribution is 5.97. The molecule has 24 heavy (non-hydrogen) atoms. The number of benzene rings is 2. The zero-order valence-corrected chi connectivity index (χ0v) is 13.5. The minimum absolute atomic E-state index is 0.0966. The number of Topliss-reactive ketones (excluding diaryl/α,β-unsaturated/α-hetero) is 1. The molecule has 122 valence electrons. The van der Waals surface area contributed by atoms with Gasteiger partial charge in [-0.2, -0.15) is 0 Å². The van der Waals surface area contributed by atoms with Crippen LogP contribution in [0, 0.1) is 0 Å². The molecule has 0 aliphatic rings. The molecule has 3 aromatic rings. The van der Waals surface area contributed by atoms with Gasteiger partial charge in [-0.25, -0.2) is 0 Å². The van der Waals surface area contributed by atoms with E-state index in [1.807, 2.05) is 6.07 Å². The SMILES string of the molecule is COc1ccc(C(=O)COc2cccc3c(=O)n(C)ccc23)cc1. The first-order valence-corrected chi connectivity index (χ1v) is 7.48. The van der Waals surface area contributed by atoms with E-state index in [1.165, 1.54) is 4.57 Å². The Morgan fingerprint density at radius 2 is 1.79 bits per heavy atom. The molecule has 0 unspecified atom stereocenters. The van der Waals surface area contributed by atoms with Crippen molar-refractivity contribution >= 4 is 16.6 Å². The molecular formula is C19H17NO4. The summed E-state index contributed by atoms with van der Waals surface area (Å²) in [5, 5.41) is 1.26. The van der Waals surface area contributed by atoms with Crippen molar-refractivity contribution in [1.82, 2.24) is 4.57 Å². The van der Waals surface area contributed by atoms with E-state index in [-0.39, 0.29) is 17.9 Å². The van der Waals surface area contributed by atoms with Crippen molar-refractivity contribution in [3.8, 4) is 11.5 Å². The fraction of sp³-hybridized carbons (Fsp3) is 0.158. The molecule has 0 aliphatic heterocycles. The monoisotopic (exact) mass is 323 g/mol. The lowest BCUT2D eigenvalue weighted by atomic mass is 10.1. The Bertz CT molecular complexity index is 942. The topological polar surface area (TPSA) is 57.5 Å². The maximum absolute atomic E-state index is 12.2. The summed E-state index contributed by atoms with van der Waals surface area (Å²) in [6.45, 7) is -0.0966. The molecule has 0 saturated carbocycles. The lowest BCUT2D eigenvalue weighted by molar-refractivity contribution is 0.0922. The van der Waals surface area contributed by atoms with Crippen LogP contribution in [0.2, 0.25) is 0 Å². The molecule has 2 aromatic carbocycles. The van der Waals surface area contributed by atoms with Crippen molar-refractivity contribution in [3.05, 3.63) is 70.6 Å². The quantitative estimate of drug-likeness (QED) is 0.678. The van der Waals surface area contributed by atoms with Crippen molar-refractivity contribution in [3.63, 3.8) is 0 Å². The largest absolute Gasteiger partial charge is 0.497 e. The maximum atomic E-state index is 12.2. The summed E-state index contributed by atoms with van der Waals surface area (Å²) in [7, 11) is 3.27. The fourth-order valence-electron chi connectivity index (χ4n) is 2.48. The highest BCUT2D eigenvalue weighted by Gasteiger charge is 2.10. The molecule has 0 N–H and O–H groups in total. The third-order valence-electron chi connectivity index (χ3n) is 3.85. The maximum Gasteiger partial charge on any atom is 0.258 e. The number of ketones is 1. The number of hydrogen-bond acceptors (Lipinski definition) is 4. The first-order chi connectivity index (χ1) is 11.6. The van der Waals surface area contributed by atoms with Crippen molar-refractivity contribution in [2.45, 2.75) is 0 Å². The number of carbonyl (C=O) groups excluding carboxylic acids is 1. The van der Waals surface area contributed by atoms with Crippen LogP contribution in [0.3, 0.4) is 0 Å². The first kappa shape index (κ1) is 15.8. The summed E-state index contributed by atoms with van der Waals surface area (Å²) < 4.78 is 12.2. The summed E-state index contributed by atoms with van der Waals surface area (Å²) in [6.07, 6.45) is 1.68. The molecule has 0 aliphatic carbocycles. The van der Waals surface area contributed by atoms with Crippen LogP contribution in [-0.2, 0) is 7.05 Å². The summed E-state index contributed by atoms with van der Waals surface area (Å²) in [5.41, 5.74) is 0.450. The average molecular weight is 323 g/mol. The molecule has 1 heterocycles. The lowest BCUT2D eigenvalue weighted by Gasteiger charge is -2.09. The minimum atomic E-state index is -0.140. The number of rotatable bonds is 5. The number of carbonyl (C=O) groups is 1. The summed E-state index contributed by atoms with van der Waals surface area (Å²) in [6, 6.07) is 13.9. The third kappa shape index (κ3) is 3.01. The molecule has 3 rings (SSSR count). The zero-order valence-electron chi connectivity index (χ0n) is 13.5. The molecule has 0 fully saturated rings. The molecule has 0 bridgehead atoms. The van der Waals surface area contributed by atoms with Crippen molar-refractivity contribution < 1.29 is 14.3 Å². The Hall–Kier alpha value is -3.08. The predicted molar refractivity (Wildman–Crippen MR) is 92.0 cm³/mol. The molecule has 0 radical (unpaired) electrons. The molecule has 5 nitrogen and oxygen atoms in total. The van der Waals surface area contributed by atoms with Gasteiger partial charge < -0.3 is 14.0 Å². The van der Waals surface area contributed by atoms with Crippen LogP contribution in [0.15, 0.2) is 59.5 Å². The van der Waals surface area contributed by atoms with Crippen molar-refractivity contribution in [2.75, 3.05) is 13.7 Å². The standard InChI is InChI=1S/C19H17NO4/c1-20-11-10-15-16(19(20)22)4-3-5-18(15)24-12-17(21)13-6-8-14(23-2)9-7-13/h3-11H,12H2,1-2H3. The van der Waals surface area contributed by atoms with Gasteiger partial charge in [0, 0.05) is 24.2 Å². The molecule has 0 spiro atoms. The van der Waals surface area contributed by atoms with E-state index in [9.17, 15) is 9.59 Å². The summed E-state index contributed by atoms with van der Waals surface area (Å²) in [4.78, 5) is 24.4. The molecule has 0 saturated heterocycles. The van der Waals surface area contributed by atoms with E-state index in [0.29, 0.717) is 27.8 Å². The smallest absolute Gasteiger partial charge is 0.258 e. The van der Waals surface area contributed by atoms with Gasteiger partial charge in [0.1, 0.15) is 11.5 Å². The molecule has 0 amide bonds. The molecular weight excluding hydrogens is 306 g/mol. The highest BCUT2D eigenvalue weighted by Crippen LogP contribution is 2.23. The van der Waals surface area contributed by atoms with E-state index < -0.39 is 0 Å². The number of pyridine rings is 1. The number of methoxy groups -OCH3 is 1. The van der Waals surface area contributed by atoms with Crippen molar-refractivity contribution in [1.29, 1.82) is 0 Å². The average Bonchev–Trinajstić information content (AvgIpc) is 2.63. The Balaban J connectivity index is 1.81. The van der Waals surface area contributed by atoms with Gasteiger partial charge in [0.25, 0.3) is 5.56 Å². The molecule has 5 heteroatoms. The van der Waals surface area contributed by atoms with Crippen LogP contribution in [0.25, 0.3) is 10.8 Å². The predicted octanol–water partition coefficient (Wildman–Crippen LogP) is 2.81. The van der Waals surface area contributed by atoms with Crippen LogP contribution in [0.4, 0.5) is 0 Å². The van der Waals surface area contributed by atoms with E-state index in [0.717, 1.165) is 0 Å². The fourth-order valence-corrected chi connectivity index (χ4v) is 2.48. The van der Waals surface area contributed by atoms with E-state index in [2.05, 4.69) is 0 Å². The minimum Gasteiger partial charge on any atom is -0.497 e. The summed E-state index contributed by atoms with van der Waals surface area (Å²) >= 11 is 0. The Morgan fingerprint density at radius 1 is 1.04 bits per heavy atom. The van der Waals surface area contributed by atoms with Gasteiger partial charge >= 0.3 is 0 Å². The first-order valence-electron chi connectivity index (χ1n) is 7.48. The van der Waals surface area contributed by atoms with Gasteiger partial charge in [-0.3, -0.25) is 9.59 Å². The van der Waals surface area contributed by atoms with E-state index in [4.69, 9.17) is 9.47 Å². The third-order valence-corrected chi connectivity index (χ3v) is 3.85. The Morgan fingerprint density at radius 3 is 2.50 bits per heavy atom. The second kappa shape index (κ2) is 6.58. The number of nitrogens with zero attached hydrogens (tertiary/aromatic N) is 1. The zero-order chi connectivity index (χ0) is 17.1. The van der Waals surface area contributed by atoms with Gasteiger partial charge in [-0.05, 0) is 42.5 Å². The lowest BCUT2D eigenvalue weighted by Crippen LogP contribution is -2.16. The Labute approximate surface area is 139 Å². The van der Waals surface area contributed by atoms with Crippen LogP contribution < -0.4 is 15.0 Å². The van der Waals surface area contributed by atoms with Crippen LogP contribution in [0.1, 0.15) is 10.4 Å². The second-order valence-electron chi connectivity index (χ2n) is 5.39. The van der Waals surface area contributed by atoms with Gasteiger partial charge in [0.2, 0.25) is 0 Å². The van der Waals surface area contributed by atoms with Gasteiger partial charge in [0.15, 0.2) is 12.4 Å². The van der Waals surface area contributed by atoms with Crippen molar-refractivity contribution in [2.24, 2.45) is 7.05 Å². The number of ether oxygens (including phenoxy) is 2. The van der Waals surface area contributed by atoms with Gasteiger partial charge in [-0.15, -0.1) is 0 Å². The number of aryl methyl sites for hydroxylation is 1. The molecule has 1 aromatic heterocycles. The van der Waals surface area contributed by atoms with Crippen LogP contribution in [0.5, 0.6) is 11.5 Å². The van der Waals surface area contributed by atoms with E-state index >= 15 is 0 Å². The van der Waals surface area contributed by atoms with Gasteiger partial charge in [0.05, 0.1) is 12.5 Å². The Kier molecular flexibility index (Phi) is 4.33. The summed E-state index contributed by atoms with van der Waals surface area (Å²) in [5.74, 6) is 1.07. The number of hydrogen-bond donors (Lipinski definition) is 0. The molecule has 0 atom stereocenters. The van der Waals surface area contributed by atoms with Crippen LogP contribution >= 0.6 is 0 Å². The van der Waals surface area contributed by atoms with E-state index in [1.54, 1.807) is 62.8 Å². The highest BCUT2D eigenvalue weighted by atomic mass is 16.5. The van der Waals surface area contributed by atoms with Gasteiger partial charge in [-0.1, -0.05) is 6.07 Å². The van der Waals surface area contributed by atoms with Crippen LogP contribution in [-0.4, -0.2) is 24.1 Å². The number of aromatic nitrogens is 1. The normalized spacial score (nSPS) is 10.6. The second-order valence-corrected chi connectivity index (χ2v) is 5.39.